The molecular weight excluding hydrogens is 311 g/mol. The molecule has 0 bridgehead atoms. The second-order valence-corrected chi connectivity index (χ2v) is 5.30. The van der Waals surface area contributed by atoms with Crippen LogP contribution in [0.4, 0.5) is 0 Å². The normalized spacial score (nSPS) is 12.2. The number of halogens is 2. The minimum absolute atomic E-state index is 0.214. The van der Waals surface area contributed by atoms with Crippen molar-refractivity contribution in [3.05, 3.63) is 39.9 Å². The molecule has 0 aliphatic rings. The van der Waals surface area contributed by atoms with E-state index in [9.17, 15) is 9.59 Å². The number of hydrogen-bond acceptors (Lipinski definition) is 2. The van der Waals surface area contributed by atoms with Gasteiger partial charge in [-0.3, -0.25) is 9.59 Å². The highest BCUT2D eigenvalue weighted by atomic mass is 35.5. The van der Waals surface area contributed by atoms with Gasteiger partial charge in [0.15, 0.2) is 0 Å². The first-order valence-corrected chi connectivity index (χ1v) is 7.41. The van der Waals surface area contributed by atoms with Gasteiger partial charge in [-0.25, -0.2) is 0 Å². The maximum atomic E-state index is 11.8. The van der Waals surface area contributed by atoms with Crippen molar-refractivity contribution in [1.29, 1.82) is 0 Å². The summed E-state index contributed by atoms with van der Waals surface area (Å²) < 4.78 is 0. The second-order valence-electron chi connectivity index (χ2n) is 4.49. The van der Waals surface area contributed by atoms with E-state index < -0.39 is 6.04 Å². The second kappa shape index (κ2) is 8.70. The Labute approximate surface area is 134 Å². The Hall–Kier alpha value is -1.52. The molecule has 0 unspecified atom stereocenters. The number of hydrogen-bond donors (Lipinski definition) is 2. The van der Waals surface area contributed by atoms with Crippen LogP contribution in [0.1, 0.15) is 25.8 Å². The van der Waals surface area contributed by atoms with Crippen molar-refractivity contribution in [3.63, 3.8) is 0 Å². The van der Waals surface area contributed by atoms with Crippen LogP contribution in [-0.4, -0.2) is 24.4 Å². The molecule has 0 saturated heterocycles. The molecule has 6 heteroatoms. The first-order chi connectivity index (χ1) is 9.95. The van der Waals surface area contributed by atoms with Gasteiger partial charge in [0.25, 0.3) is 0 Å². The summed E-state index contributed by atoms with van der Waals surface area (Å²) >= 11 is 12.0. The molecule has 1 rings (SSSR count). The first kappa shape index (κ1) is 17.5. The van der Waals surface area contributed by atoms with Crippen molar-refractivity contribution in [2.24, 2.45) is 0 Å². The van der Waals surface area contributed by atoms with Crippen LogP contribution in [0, 0.1) is 0 Å². The summed E-state index contributed by atoms with van der Waals surface area (Å²) in [4.78, 5) is 23.4. The predicted octanol–water partition coefficient (Wildman–Crippen LogP) is 3.04. The standard InChI is InChI=1S/C15H18Cl2N2O2/c1-3-9-18-15(21)10(2)19-14(20)8-7-11-12(16)5-4-6-13(11)17/h4-8,10H,3,9H2,1-2H3,(H,18,21)(H,19,20)/b8-7+/t10-/m1/s1. The van der Waals surface area contributed by atoms with E-state index in [0.717, 1.165) is 6.42 Å². The summed E-state index contributed by atoms with van der Waals surface area (Å²) in [5, 5.41) is 6.20. The molecule has 0 aliphatic carbocycles. The van der Waals surface area contributed by atoms with E-state index in [2.05, 4.69) is 10.6 Å². The predicted molar refractivity (Wildman–Crippen MR) is 86.4 cm³/mol. The highest BCUT2D eigenvalue weighted by Crippen LogP contribution is 2.25. The summed E-state index contributed by atoms with van der Waals surface area (Å²) in [6.07, 6.45) is 3.67. The van der Waals surface area contributed by atoms with Gasteiger partial charge < -0.3 is 10.6 Å². The number of carbonyl (C=O) groups is 2. The highest BCUT2D eigenvalue weighted by Gasteiger charge is 2.13. The molecule has 0 spiro atoms. The molecule has 0 aromatic heterocycles. The monoisotopic (exact) mass is 328 g/mol. The Morgan fingerprint density at radius 3 is 2.48 bits per heavy atom. The van der Waals surface area contributed by atoms with Crippen molar-refractivity contribution in [2.45, 2.75) is 26.3 Å². The van der Waals surface area contributed by atoms with E-state index in [4.69, 9.17) is 23.2 Å². The lowest BCUT2D eigenvalue weighted by Crippen LogP contribution is -2.44. The summed E-state index contributed by atoms with van der Waals surface area (Å²) in [5.41, 5.74) is 0.569. The lowest BCUT2D eigenvalue weighted by Gasteiger charge is -2.12. The number of nitrogens with one attached hydrogen (secondary N) is 2. The van der Waals surface area contributed by atoms with Crippen LogP contribution in [0.5, 0.6) is 0 Å². The van der Waals surface area contributed by atoms with Gasteiger partial charge in [-0.1, -0.05) is 36.2 Å². The third-order valence-corrected chi connectivity index (χ3v) is 3.36. The lowest BCUT2D eigenvalue weighted by molar-refractivity contribution is -0.126. The molecule has 0 radical (unpaired) electrons. The SMILES string of the molecule is CCCNC(=O)[C@@H](C)NC(=O)/C=C/c1c(Cl)cccc1Cl. The third-order valence-electron chi connectivity index (χ3n) is 2.70. The van der Waals surface area contributed by atoms with Crippen LogP contribution in [0.2, 0.25) is 10.0 Å². The minimum Gasteiger partial charge on any atom is -0.354 e. The van der Waals surface area contributed by atoms with Crippen LogP contribution < -0.4 is 10.6 Å². The molecule has 114 valence electrons. The Balaban J connectivity index is 2.61. The molecule has 2 amide bonds. The zero-order valence-electron chi connectivity index (χ0n) is 12.0. The van der Waals surface area contributed by atoms with Gasteiger partial charge in [0.2, 0.25) is 11.8 Å². The van der Waals surface area contributed by atoms with Crippen molar-refractivity contribution in [1.82, 2.24) is 10.6 Å². The molecule has 4 nitrogen and oxygen atoms in total. The smallest absolute Gasteiger partial charge is 0.244 e. The van der Waals surface area contributed by atoms with E-state index in [1.807, 2.05) is 6.92 Å². The summed E-state index contributed by atoms with van der Waals surface area (Å²) in [6.45, 7) is 4.17. The molecule has 0 heterocycles. The third kappa shape index (κ3) is 5.78. The zero-order valence-corrected chi connectivity index (χ0v) is 13.5. The largest absolute Gasteiger partial charge is 0.354 e. The molecule has 0 fully saturated rings. The van der Waals surface area contributed by atoms with Crippen molar-refractivity contribution in [2.75, 3.05) is 6.54 Å². The molecule has 1 aromatic rings. The van der Waals surface area contributed by atoms with Crippen LogP contribution >= 0.6 is 23.2 Å². The Bertz CT molecular complexity index is 524. The zero-order chi connectivity index (χ0) is 15.8. The molecule has 2 N–H and O–H groups in total. The fourth-order valence-electron chi connectivity index (χ4n) is 1.56. The average molecular weight is 329 g/mol. The van der Waals surface area contributed by atoms with Crippen LogP contribution in [-0.2, 0) is 9.59 Å². The Kier molecular flexibility index (Phi) is 7.26. The minimum atomic E-state index is -0.601. The van der Waals surface area contributed by atoms with Gasteiger partial charge in [0, 0.05) is 28.2 Å². The molecule has 1 aromatic carbocycles. The van der Waals surface area contributed by atoms with Gasteiger partial charge in [-0.15, -0.1) is 0 Å². The van der Waals surface area contributed by atoms with E-state index in [1.165, 1.54) is 12.2 Å². The lowest BCUT2D eigenvalue weighted by atomic mass is 10.2. The van der Waals surface area contributed by atoms with E-state index in [1.54, 1.807) is 25.1 Å². The first-order valence-electron chi connectivity index (χ1n) is 6.66. The summed E-state index contributed by atoms with van der Waals surface area (Å²) in [6, 6.07) is 4.50. The van der Waals surface area contributed by atoms with Crippen molar-refractivity contribution in [3.8, 4) is 0 Å². The van der Waals surface area contributed by atoms with Gasteiger partial charge in [0.05, 0.1) is 0 Å². The van der Waals surface area contributed by atoms with Crippen molar-refractivity contribution >= 4 is 41.1 Å². The van der Waals surface area contributed by atoms with Crippen molar-refractivity contribution < 1.29 is 9.59 Å². The maximum Gasteiger partial charge on any atom is 0.244 e. The van der Waals surface area contributed by atoms with Gasteiger partial charge in [-0.05, 0) is 31.6 Å². The fraction of sp³-hybridized carbons (Fsp3) is 0.333. The van der Waals surface area contributed by atoms with E-state index >= 15 is 0 Å². The number of rotatable bonds is 6. The number of benzene rings is 1. The van der Waals surface area contributed by atoms with Gasteiger partial charge in [-0.2, -0.15) is 0 Å². The highest BCUT2D eigenvalue weighted by molar-refractivity contribution is 6.37. The van der Waals surface area contributed by atoms with Crippen LogP contribution in [0.15, 0.2) is 24.3 Å². The summed E-state index contributed by atoms with van der Waals surface area (Å²) in [5.74, 6) is -0.598. The number of carbonyl (C=O) groups excluding carboxylic acids is 2. The van der Waals surface area contributed by atoms with Crippen LogP contribution in [0.25, 0.3) is 6.08 Å². The van der Waals surface area contributed by atoms with Gasteiger partial charge >= 0.3 is 0 Å². The number of amides is 2. The fourth-order valence-corrected chi connectivity index (χ4v) is 2.08. The maximum absolute atomic E-state index is 11.8. The quantitative estimate of drug-likeness (QED) is 0.788. The van der Waals surface area contributed by atoms with E-state index in [-0.39, 0.29) is 11.8 Å². The van der Waals surface area contributed by atoms with Gasteiger partial charge in [0.1, 0.15) is 6.04 Å². The molecular formula is C15H18Cl2N2O2. The Morgan fingerprint density at radius 2 is 1.90 bits per heavy atom. The van der Waals surface area contributed by atoms with Crippen LogP contribution in [0.3, 0.4) is 0 Å². The van der Waals surface area contributed by atoms with E-state index in [0.29, 0.717) is 22.2 Å². The topological polar surface area (TPSA) is 58.2 Å². The molecule has 21 heavy (non-hydrogen) atoms. The Morgan fingerprint density at radius 1 is 1.29 bits per heavy atom. The summed E-state index contributed by atoms with van der Waals surface area (Å²) in [7, 11) is 0. The molecule has 0 aliphatic heterocycles. The average Bonchev–Trinajstić information content (AvgIpc) is 2.44. The molecule has 1 atom stereocenters. The molecule has 0 saturated carbocycles.